The van der Waals surface area contributed by atoms with Crippen LogP contribution < -0.4 is 4.74 Å². The minimum atomic E-state index is -1.58. The van der Waals surface area contributed by atoms with E-state index in [1.807, 2.05) is 36.1 Å². The molecule has 2 heterocycles. The molecule has 0 unspecified atom stereocenters. The second-order valence-electron chi connectivity index (χ2n) is 10.1. The van der Waals surface area contributed by atoms with Crippen LogP contribution in [0.3, 0.4) is 0 Å². The summed E-state index contributed by atoms with van der Waals surface area (Å²) in [5.74, 6) is -2.63. The lowest BCUT2D eigenvalue weighted by Gasteiger charge is -2.43. The van der Waals surface area contributed by atoms with Crippen LogP contribution in [0.15, 0.2) is 36.4 Å². The van der Waals surface area contributed by atoms with E-state index in [9.17, 15) is 9.18 Å². The first-order valence-electron chi connectivity index (χ1n) is 12.6. The van der Waals surface area contributed by atoms with Crippen molar-refractivity contribution in [2.45, 2.75) is 44.9 Å². The highest BCUT2D eigenvalue weighted by Crippen LogP contribution is 2.43. The number of carboxylic acid groups (broad SMARTS) is 1. The molecule has 7 nitrogen and oxygen atoms in total. The number of H-pyrrole nitrogens is 1. The van der Waals surface area contributed by atoms with Crippen LogP contribution in [0, 0.1) is 11.6 Å². The number of rotatable bonds is 12. The summed E-state index contributed by atoms with van der Waals surface area (Å²) < 4.78 is 61.7. The average Bonchev–Trinajstić information content (AvgIpc) is 3.19. The number of ether oxygens (including phenoxy) is 3. The highest BCUT2D eigenvalue weighted by Gasteiger charge is 2.41. The van der Waals surface area contributed by atoms with Crippen molar-refractivity contribution in [1.82, 2.24) is 9.88 Å². The van der Waals surface area contributed by atoms with Gasteiger partial charge in [-0.2, -0.15) is 0 Å². The van der Waals surface area contributed by atoms with Crippen molar-refractivity contribution < 1.29 is 37.3 Å². The molecule has 3 aromatic rings. The van der Waals surface area contributed by atoms with Gasteiger partial charge in [-0.25, -0.2) is 18.0 Å². The number of carbonyl (C=O) groups is 1. The molecular weight excluding hydrogens is 501 g/mol. The monoisotopic (exact) mass is 534 g/mol. The zero-order valence-corrected chi connectivity index (χ0v) is 21.7. The Kier molecular flexibility index (Phi) is 8.64. The molecular formula is C28H33F3N2O5. The molecule has 0 aliphatic carbocycles. The van der Waals surface area contributed by atoms with E-state index in [4.69, 9.17) is 19.3 Å². The molecule has 1 aliphatic rings. The summed E-state index contributed by atoms with van der Waals surface area (Å²) in [6.07, 6.45) is 0.623. The fourth-order valence-electron chi connectivity index (χ4n) is 5.00. The topological polar surface area (TPSA) is 84.0 Å². The maximum absolute atomic E-state index is 15.6. The van der Waals surface area contributed by atoms with Crippen molar-refractivity contribution in [2.24, 2.45) is 0 Å². The number of hydrogen-bond acceptors (Lipinski definition) is 5. The third-order valence-corrected chi connectivity index (χ3v) is 6.50. The largest absolute Gasteiger partial charge is 0.491 e. The molecule has 2 aromatic carbocycles. The molecule has 10 heteroatoms. The Balaban J connectivity index is 1.56. The molecule has 0 spiro atoms. The fourth-order valence-corrected chi connectivity index (χ4v) is 5.00. The van der Waals surface area contributed by atoms with Crippen LogP contribution >= 0.6 is 0 Å². The standard InChI is InChI=1S/C28H33F3N2O5/c1-17-12-20-19-6-4-5-7-23(19)32-26(20)27(33(17)16-28(2,3)31)25-21(29)13-18(14-22(25)30)38-11-10-36-8-9-37-15-24(34)35/h4-7,13-14,17,27,32H,8-12,15-16H2,1-3H3,(H,34,35)/t17-,27-/m1/s1. The van der Waals surface area contributed by atoms with Crippen LogP contribution in [0.2, 0.25) is 0 Å². The van der Waals surface area contributed by atoms with E-state index >= 15 is 8.78 Å². The molecule has 38 heavy (non-hydrogen) atoms. The average molecular weight is 535 g/mol. The summed E-state index contributed by atoms with van der Waals surface area (Å²) in [5, 5.41) is 9.51. The van der Waals surface area contributed by atoms with E-state index in [2.05, 4.69) is 4.98 Å². The van der Waals surface area contributed by atoms with Gasteiger partial charge in [0.25, 0.3) is 0 Å². The van der Waals surface area contributed by atoms with Gasteiger partial charge in [-0.15, -0.1) is 0 Å². The predicted molar refractivity (Wildman–Crippen MR) is 136 cm³/mol. The molecule has 0 saturated heterocycles. The Hall–Kier alpha value is -3.08. The number of benzene rings is 2. The lowest BCUT2D eigenvalue weighted by molar-refractivity contribution is -0.142. The second-order valence-corrected chi connectivity index (χ2v) is 10.1. The third-order valence-electron chi connectivity index (χ3n) is 6.50. The minimum Gasteiger partial charge on any atom is -0.491 e. The summed E-state index contributed by atoms with van der Waals surface area (Å²) >= 11 is 0. The third kappa shape index (κ3) is 6.48. The van der Waals surface area contributed by atoms with Gasteiger partial charge in [0.1, 0.15) is 36.3 Å². The molecule has 4 rings (SSSR count). The number of halogens is 3. The fraction of sp³-hybridized carbons (Fsp3) is 0.464. The molecule has 0 radical (unpaired) electrons. The number of nitrogens with one attached hydrogen (secondary N) is 1. The first-order valence-corrected chi connectivity index (χ1v) is 12.6. The van der Waals surface area contributed by atoms with E-state index in [1.54, 1.807) is 0 Å². The number of aromatic nitrogens is 1. The molecule has 2 N–H and O–H groups in total. The van der Waals surface area contributed by atoms with Gasteiger partial charge in [0.15, 0.2) is 0 Å². The van der Waals surface area contributed by atoms with E-state index in [0.717, 1.165) is 28.6 Å². The zero-order chi connectivity index (χ0) is 27.4. The van der Waals surface area contributed by atoms with Gasteiger partial charge >= 0.3 is 5.97 Å². The lowest BCUT2D eigenvalue weighted by atomic mass is 9.87. The summed E-state index contributed by atoms with van der Waals surface area (Å²) in [6, 6.07) is 8.98. The van der Waals surface area contributed by atoms with E-state index in [1.165, 1.54) is 13.8 Å². The van der Waals surface area contributed by atoms with Crippen molar-refractivity contribution >= 4 is 16.9 Å². The molecule has 206 valence electrons. The summed E-state index contributed by atoms with van der Waals surface area (Å²) in [5.41, 5.74) is 0.774. The predicted octanol–water partition coefficient (Wildman–Crippen LogP) is 5.03. The summed E-state index contributed by atoms with van der Waals surface area (Å²) in [7, 11) is 0. The highest BCUT2D eigenvalue weighted by molar-refractivity contribution is 5.85. The van der Waals surface area contributed by atoms with Crippen molar-refractivity contribution in [3.05, 3.63) is 64.9 Å². The molecule has 0 saturated carbocycles. The van der Waals surface area contributed by atoms with Gasteiger partial charge in [-0.3, -0.25) is 4.90 Å². The number of para-hydroxylation sites is 1. The van der Waals surface area contributed by atoms with Crippen molar-refractivity contribution in [3.8, 4) is 5.75 Å². The number of carboxylic acids is 1. The Labute approximate surface area is 219 Å². The Morgan fingerprint density at radius 3 is 2.45 bits per heavy atom. The number of aromatic amines is 1. The van der Waals surface area contributed by atoms with Gasteiger partial charge in [-0.05, 0) is 38.8 Å². The highest BCUT2D eigenvalue weighted by atomic mass is 19.1. The molecule has 0 amide bonds. The van der Waals surface area contributed by atoms with Crippen LogP contribution in [0.25, 0.3) is 10.9 Å². The van der Waals surface area contributed by atoms with Crippen LogP contribution in [0.4, 0.5) is 13.2 Å². The number of nitrogens with zero attached hydrogens (tertiary/aromatic N) is 1. The zero-order valence-electron chi connectivity index (χ0n) is 21.7. The first kappa shape index (κ1) is 27.9. The van der Waals surface area contributed by atoms with E-state index < -0.39 is 35.9 Å². The first-order chi connectivity index (χ1) is 18.0. The SMILES string of the molecule is C[C@@H]1Cc2c([nH]c3ccccc23)[C@@H](c2c(F)cc(OCCOCCOCC(=O)O)cc2F)N1CC(C)(C)F. The molecule has 1 aliphatic heterocycles. The van der Waals surface area contributed by atoms with Crippen molar-refractivity contribution in [2.75, 3.05) is 39.6 Å². The van der Waals surface area contributed by atoms with Crippen LogP contribution in [-0.4, -0.2) is 72.2 Å². The van der Waals surface area contributed by atoms with E-state index in [0.29, 0.717) is 12.1 Å². The minimum absolute atomic E-state index is 0.00170. The van der Waals surface area contributed by atoms with Crippen LogP contribution in [0.5, 0.6) is 5.75 Å². The number of hydrogen-bond donors (Lipinski definition) is 2. The quantitative estimate of drug-likeness (QED) is 0.317. The Morgan fingerprint density at radius 1 is 1.11 bits per heavy atom. The number of fused-ring (bicyclic) bond motifs is 3. The maximum Gasteiger partial charge on any atom is 0.329 e. The lowest BCUT2D eigenvalue weighted by Crippen LogP contribution is -2.48. The molecule has 2 atom stereocenters. The summed E-state index contributed by atoms with van der Waals surface area (Å²) in [4.78, 5) is 15.6. The van der Waals surface area contributed by atoms with Gasteiger partial charge < -0.3 is 24.3 Å². The normalized spacial score (nSPS) is 18.1. The van der Waals surface area contributed by atoms with Crippen LogP contribution in [-0.2, 0) is 20.7 Å². The second kappa shape index (κ2) is 11.8. The Bertz CT molecular complexity index is 1250. The van der Waals surface area contributed by atoms with E-state index in [-0.39, 0.29) is 50.3 Å². The summed E-state index contributed by atoms with van der Waals surface area (Å²) in [6.45, 7) is 4.87. The smallest absolute Gasteiger partial charge is 0.329 e. The maximum atomic E-state index is 15.6. The van der Waals surface area contributed by atoms with Gasteiger partial charge in [0, 0.05) is 46.9 Å². The van der Waals surface area contributed by atoms with Gasteiger partial charge in [0.05, 0.1) is 25.9 Å². The number of aliphatic carboxylic acids is 1. The molecule has 1 aromatic heterocycles. The molecule has 0 fully saturated rings. The van der Waals surface area contributed by atoms with Gasteiger partial charge in [0.2, 0.25) is 0 Å². The Morgan fingerprint density at radius 2 is 1.76 bits per heavy atom. The van der Waals surface area contributed by atoms with Crippen molar-refractivity contribution in [1.29, 1.82) is 0 Å². The number of alkyl halides is 1. The van der Waals surface area contributed by atoms with Crippen molar-refractivity contribution in [3.63, 3.8) is 0 Å². The van der Waals surface area contributed by atoms with Gasteiger partial charge in [-0.1, -0.05) is 18.2 Å². The molecule has 0 bridgehead atoms. The van der Waals surface area contributed by atoms with Crippen LogP contribution in [0.1, 0.15) is 43.6 Å².